The molecule has 0 unspecified atom stereocenters. The highest BCUT2D eigenvalue weighted by Gasteiger charge is 2.32. The van der Waals surface area contributed by atoms with Gasteiger partial charge in [0.15, 0.2) is 11.6 Å². The first-order valence-corrected chi connectivity index (χ1v) is 8.46. The van der Waals surface area contributed by atoms with Gasteiger partial charge in [0.05, 0.1) is 5.56 Å². The van der Waals surface area contributed by atoms with Crippen molar-refractivity contribution >= 4 is 29.1 Å². The number of likely N-dealkylation sites (tertiary alicyclic amines) is 1. The SMILES string of the molecule is O=C1c2ccccc2C(=O)c2c(NCCN3C(=O)CCC3=O)cccc21. The van der Waals surface area contributed by atoms with Gasteiger partial charge in [0.2, 0.25) is 11.8 Å². The van der Waals surface area contributed by atoms with E-state index < -0.39 is 0 Å². The molecular formula is C20H16N2O4. The van der Waals surface area contributed by atoms with Gasteiger partial charge in [-0.2, -0.15) is 0 Å². The Kier molecular flexibility index (Phi) is 3.88. The van der Waals surface area contributed by atoms with Gasteiger partial charge in [-0.15, -0.1) is 0 Å². The van der Waals surface area contributed by atoms with Crippen molar-refractivity contribution in [2.75, 3.05) is 18.4 Å². The van der Waals surface area contributed by atoms with Crippen LogP contribution in [0, 0.1) is 0 Å². The standard InChI is InChI=1S/C20H16N2O4/c23-16-8-9-17(24)22(16)11-10-21-15-7-3-6-14-18(15)20(26)13-5-2-1-4-12(13)19(14)25/h1-7,21H,8-11H2. The topological polar surface area (TPSA) is 83.6 Å². The van der Waals surface area contributed by atoms with Crippen LogP contribution in [0.15, 0.2) is 42.5 Å². The third kappa shape index (κ3) is 2.50. The number of fused-ring (bicyclic) bond motifs is 2. The van der Waals surface area contributed by atoms with Gasteiger partial charge >= 0.3 is 0 Å². The van der Waals surface area contributed by atoms with Crippen LogP contribution in [0.1, 0.15) is 44.7 Å². The van der Waals surface area contributed by atoms with Gasteiger partial charge in [0.25, 0.3) is 0 Å². The fourth-order valence-corrected chi connectivity index (χ4v) is 3.47. The molecule has 4 rings (SSSR count). The van der Waals surface area contributed by atoms with Gasteiger partial charge in [-0.05, 0) is 6.07 Å². The van der Waals surface area contributed by atoms with Crippen LogP contribution >= 0.6 is 0 Å². The van der Waals surface area contributed by atoms with Gasteiger partial charge in [-0.1, -0.05) is 36.4 Å². The molecule has 130 valence electrons. The Morgan fingerprint density at radius 3 is 2.08 bits per heavy atom. The van der Waals surface area contributed by atoms with Gasteiger partial charge < -0.3 is 5.32 Å². The zero-order valence-corrected chi connectivity index (χ0v) is 14.0. The lowest BCUT2D eigenvalue weighted by atomic mass is 9.83. The zero-order chi connectivity index (χ0) is 18.3. The van der Waals surface area contributed by atoms with Crippen molar-refractivity contribution in [3.63, 3.8) is 0 Å². The van der Waals surface area contributed by atoms with Gasteiger partial charge in [-0.25, -0.2) is 0 Å². The van der Waals surface area contributed by atoms with Crippen molar-refractivity contribution in [1.29, 1.82) is 0 Å². The Morgan fingerprint density at radius 2 is 1.38 bits per heavy atom. The molecule has 6 nitrogen and oxygen atoms in total. The number of nitrogens with zero attached hydrogens (tertiary/aromatic N) is 1. The molecule has 1 saturated heterocycles. The van der Waals surface area contributed by atoms with Crippen LogP contribution < -0.4 is 5.32 Å². The molecule has 0 saturated carbocycles. The molecule has 26 heavy (non-hydrogen) atoms. The van der Waals surface area contributed by atoms with E-state index in [0.29, 0.717) is 34.5 Å². The number of carbonyl (C=O) groups is 4. The molecule has 0 aromatic heterocycles. The molecule has 2 aromatic rings. The van der Waals surface area contributed by atoms with Gasteiger partial charge in [0.1, 0.15) is 0 Å². The predicted octanol–water partition coefficient (Wildman–Crippen LogP) is 2.02. The molecule has 1 heterocycles. The summed E-state index contributed by atoms with van der Waals surface area (Å²) in [6, 6.07) is 11.9. The first-order chi connectivity index (χ1) is 12.6. The lowest BCUT2D eigenvalue weighted by Gasteiger charge is -2.21. The minimum absolute atomic E-state index is 0.174. The minimum atomic E-state index is -0.202. The van der Waals surface area contributed by atoms with E-state index >= 15 is 0 Å². The van der Waals surface area contributed by atoms with E-state index in [-0.39, 0.29) is 42.8 Å². The maximum absolute atomic E-state index is 12.9. The Balaban J connectivity index is 1.60. The minimum Gasteiger partial charge on any atom is -0.383 e. The Hall–Kier alpha value is -3.28. The molecule has 0 spiro atoms. The highest BCUT2D eigenvalue weighted by molar-refractivity contribution is 6.30. The molecule has 0 atom stereocenters. The summed E-state index contributed by atoms with van der Waals surface area (Å²) in [5.74, 6) is -0.727. The quantitative estimate of drug-likeness (QED) is 0.730. The number of hydrogen-bond acceptors (Lipinski definition) is 5. The van der Waals surface area contributed by atoms with Crippen molar-refractivity contribution in [2.24, 2.45) is 0 Å². The van der Waals surface area contributed by atoms with Crippen LogP contribution in [-0.2, 0) is 9.59 Å². The maximum atomic E-state index is 12.9. The number of imide groups is 1. The van der Waals surface area contributed by atoms with Crippen molar-refractivity contribution in [3.8, 4) is 0 Å². The molecule has 0 bridgehead atoms. The second kappa shape index (κ2) is 6.22. The smallest absolute Gasteiger partial charge is 0.229 e. The highest BCUT2D eigenvalue weighted by atomic mass is 16.2. The molecule has 6 heteroatoms. The fraction of sp³-hybridized carbons (Fsp3) is 0.200. The molecule has 1 fully saturated rings. The maximum Gasteiger partial charge on any atom is 0.229 e. The molecule has 0 radical (unpaired) electrons. The normalized spacial score (nSPS) is 15.9. The van der Waals surface area contributed by atoms with Crippen molar-refractivity contribution in [3.05, 3.63) is 64.7 Å². The number of rotatable bonds is 4. The van der Waals surface area contributed by atoms with E-state index in [0.717, 1.165) is 0 Å². The summed E-state index contributed by atoms with van der Waals surface area (Å²) in [6.07, 6.45) is 0.507. The predicted molar refractivity (Wildman–Crippen MR) is 94.2 cm³/mol. The summed E-state index contributed by atoms with van der Waals surface area (Å²) in [6.45, 7) is 0.553. The van der Waals surface area contributed by atoms with E-state index in [4.69, 9.17) is 0 Å². The number of hydrogen-bond donors (Lipinski definition) is 1. The number of ketones is 2. The molecule has 1 aliphatic carbocycles. The van der Waals surface area contributed by atoms with E-state index in [1.807, 2.05) is 0 Å². The summed E-state index contributed by atoms with van der Waals surface area (Å²) < 4.78 is 0. The van der Waals surface area contributed by atoms with E-state index in [2.05, 4.69) is 5.32 Å². The summed E-state index contributed by atoms with van der Waals surface area (Å²) in [7, 11) is 0. The van der Waals surface area contributed by atoms with Crippen molar-refractivity contribution < 1.29 is 19.2 Å². The molecule has 1 N–H and O–H groups in total. The van der Waals surface area contributed by atoms with Crippen LogP contribution in [0.2, 0.25) is 0 Å². The summed E-state index contributed by atoms with van der Waals surface area (Å²) in [5, 5.41) is 3.10. The third-order valence-electron chi connectivity index (χ3n) is 4.76. The van der Waals surface area contributed by atoms with E-state index in [9.17, 15) is 19.2 Å². The summed E-state index contributed by atoms with van der Waals surface area (Å²) in [4.78, 5) is 50.2. The van der Waals surface area contributed by atoms with Crippen LogP contribution in [0.5, 0.6) is 0 Å². The van der Waals surface area contributed by atoms with Crippen LogP contribution in [0.25, 0.3) is 0 Å². The summed E-state index contributed by atoms with van der Waals surface area (Å²) in [5.41, 5.74) is 2.05. The molecule has 2 aromatic carbocycles. The number of anilines is 1. The zero-order valence-electron chi connectivity index (χ0n) is 14.0. The second-order valence-electron chi connectivity index (χ2n) is 6.30. The molecular weight excluding hydrogens is 332 g/mol. The average Bonchev–Trinajstić information content (AvgIpc) is 2.98. The second-order valence-corrected chi connectivity index (χ2v) is 6.30. The van der Waals surface area contributed by atoms with Crippen LogP contribution in [0.3, 0.4) is 0 Å². The van der Waals surface area contributed by atoms with Crippen molar-refractivity contribution in [1.82, 2.24) is 4.90 Å². The fourth-order valence-electron chi connectivity index (χ4n) is 3.47. The first-order valence-electron chi connectivity index (χ1n) is 8.46. The number of benzene rings is 2. The largest absolute Gasteiger partial charge is 0.383 e. The van der Waals surface area contributed by atoms with Crippen LogP contribution in [-0.4, -0.2) is 41.4 Å². The molecule has 2 aliphatic rings. The van der Waals surface area contributed by atoms with Crippen LogP contribution in [0.4, 0.5) is 5.69 Å². The highest BCUT2D eigenvalue weighted by Crippen LogP contribution is 2.31. The van der Waals surface area contributed by atoms with E-state index in [1.54, 1.807) is 42.5 Å². The number of amides is 2. The molecule has 1 aliphatic heterocycles. The first kappa shape index (κ1) is 16.2. The Labute approximate surface area is 149 Å². The monoisotopic (exact) mass is 348 g/mol. The summed E-state index contributed by atoms with van der Waals surface area (Å²) >= 11 is 0. The third-order valence-corrected chi connectivity index (χ3v) is 4.76. The molecule has 2 amide bonds. The van der Waals surface area contributed by atoms with Gasteiger partial charge in [-0.3, -0.25) is 24.1 Å². The van der Waals surface area contributed by atoms with Gasteiger partial charge in [0, 0.05) is 48.3 Å². The Bertz CT molecular complexity index is 948. The number of nitrogens with one attached hydrogen (secondary N) is 1. The lowest BCUT2D eigenvalue weighted by Crippen LogP contribution is -2.33. The van der Waals surface area contributed by atoms with Crippen molar-refractivity contribution in [2.45, 2.75) is 12.8 Å². The number of carbonyl (C=O) groups excluding carboxylic acids is 4. The average molecular weight is 348 g/mol. The van der Waals surface area contributed by atoms with E-state index in [1.165, 1.54) is 4.90 Å². The Morgan fingerprint density at radius 1 is 0.769 bits per heavy atom. The lowest BCUT2D eigenvalue weighted by molar-refractivity contribution is -0.138.